The maximum atomic E-state index is 12.6. The van der Waals surface area contributed by atoms with Crippen LogP contribution >= 0.6 is 23.2 Å². The number of ether oxygens (including phenoxy) is 1. The van der Waals surface area contributed by atoms with E-state index in [2.05, 4.69) is 10.4 Å². The number of carbonyl (C=O) groups excluding carboxylic acids is 1. The van der Waals surface area contributed by atoms with Crippen molar-refractivity contribution in [1.29, 1.82) is 0 Å². The Kier molecular flexibility index (Phi) is 6.85. The van der Waals surface area contributed by atoms with E-state index in [0.29, 0.717) is 28.2 Å². The standard InChI is InChI=1S/C23H18Cl2N4O5/c1-14-10-22(27-28(14)12-15-6-8-17(24)18(25)11-15)26-23(30)21-9-7-16(34-21)13-33-20-5-3-2-4-19(20)29(31)32/h2-11H,12-13H2,1H3,(H,26,27,30). The van der Waals surface area contributed by atoms with E-state index in [1.165, 1.54) is 18.2 Å². The van der Waals surface area contributed by atoms with E-state index >= 15 is 0 Å². The van der Waals surface area contributed by atoms with Crippen LogP contribution in [0.1, 0.15) is 27.6 Å². The largest absolute Gasteiger partial charge is 0.479 e. The number of para-hydroxylation sites is 2. The third-order valence-electron chi connectivity index (χ3n) is 4.86. The molecular formula is C23H18Cl2N4O5. The highest BCUT2D eigenvalue weighted by molar-refractivity contribution is 6.42. The number of carbonyl (C=O) groups is 1. The van der Waals surface area contributed by atoms with Crippen molar-refractivity contribution in [3.8, 4) is 5.75 Å². The predicted octanol–water partition coefficient (Wildman–Crippen LogP) is 5.88. The first kappa shape index (κ1) is 23.3. The number of furan rings is 1. The van der Waals surface area contributed by atoms with Gasteiger partial charge in [-0.3, -0.25) is 19.6 Å². The summed E-state index contributed by atoms with van der Waals surface area (Å²) in [6.45, 7) is 2.24. The molecular weight excluding hydrogens is 483 g/mol. The first-order valence-corrected chi connectivity index (χ1v) is 10.8. The average molecular weight is 501 g/mol. The zero-order valence-electron chi connectivity index (χ0n) is 17.8. The molecule has 1 amide bonds. The molecule has 0 unspecified atom stereocenters. The molecule has 0 fully saturated rings. The molecule has 2 aromatic carbocycles. The van der Waals surface area contributed by atoms with Gasteiger partial charge in [0.1, 0.15) is 12.4 Å². The first-order valence-electron chi connectivity index (χ1n) is 10.0. The number of aryl methyl sites for hydroxylation is 1. The third kappa shape index (κ3) is 5.38. The van der Waals surface area contributed by atoms with Gasteiger partial charge in [0.25, 0.3) is 5.91 Å². The number of aromatic nitrogens is 2. The number of benzene rings is 2. The number of anilines is 1. The van der Waals surface area contributed by atoms with Gasteiger partial charge in [0.05, 0.1) is 21.5 Å². The minimum atomic E-state index is -0.529. The quantitative estimate of drug-likeness (QED) is 0.238. The lowest BCUT2D eigenvalue weighted by Crippen LogP contribution is -2.12. The summed E-state index contributed by atoms with van der Waals surface area (Å²) in [5, 5.41) is 19.1. The van der Waals surface area contributed by atoms with Crippen molar-refractivity contribution in [3.63, 3.8) is 0 Å². The van der Waals surface area contributed by atoms with E-state index in [-0.39, 0.29) is 23.8 Å². The average Bonchev–Trinajstić information content (AvgIpc) is 3.41. The first-order chi connectivity index (χ1) is 16.3. The number of nitrogens with one attached hydrogen (secondary N) is 1. The molecule has 0 saturated carbocycles. The summed E-state index contributed by atoms with van der Waals surface area (Å²) in [7, 11) is 0. The summed E-state index contributed by atoms with van der Waals surface area (Å²) < 4.78 is 12.7. The summed E-state index contributed by atoms with van der Waals surface area (Å²) in [4.78, 5) is 23.1. The van der Waals surface area contributed by atoms with E-state index in [1.54, 1.807) is 41.1 Å². The van der Waals surface area contributed by atoms with Crippen LogP contribution in [-0.4, -0.2) is 20.6 Å². The summed E-state index contributed by atoms with van der Waals surface area (Å²) in [6.07, 6.45) is 0. The van der Waals surface area contributed by atoms with Crippen LogP contribution < -0.4 is 10.1 Å². The van der Waals surface area contributed by atoms with Crippen LogP contribution in [0.15, 0.2) is 65.1 Å². The molecule has 34 heavy (non-hydrogen) atoms. The van der Waals surface area contributed by atoms with Crippen LogP contribution in [-0.2, 0) is 13.2 Å². The summed E-state index contributed by atoms with van der Waals surface area (Å²) in [5.74, 6) is 0.369. The van der Waals surface area contributed by atoms with Crippen molar-refractivity contribution < 1.29 is 18.9 Å². The Hall–Kier alpha value is -3.82. The maximum absolute atomic E-state index is 12.6. The fourth-order valence-electron chi connectivity index (χ4n) is 3.18. The van der Waals surface area contributed by atoms with Gasteiger partial charge in [-0.15, -0.1) is 0 Å². The van der Waals surface area contributed by atoms with Gasteiger partial charge in [-0.05, 0) is 42.8 Å². The van der Waals surface area contributed by atoms with Gasteiger partial charge >= 0.3 is 5.69 Å². The van der Waals surface area contributed by atoms with Crippen molar-refractivity contribution in [1.82, 2.24) is 9.78 Å². The Morgan fingerprint density at radius 1 is 1.15 bits per heavy atom. The molecule has 2 aromatic heterocycles. The van der Waals surface area contributed by atoms with Gasteiger partial charge in [0.15, 0.2) is 17.3 Å². The van der Waals surface area contributed by atoms with Gasteiger partial charge in [0.2, 0.25) is 0 Å². The number of nitro benzene ring substituents is 1. The topological polar surface area (TPSA) is 112 Å². The highest BCUT2D eigenvalue weighted by atomic mass is 35.5. The Morgan fingerprint density at radius 3 is 2.71 bits per heavy atom. The summed E-state index contributed by atoms with van der Waals surface area (Å²) >= 11 is 12.0. The Morgan fingerprint density at radius 2 is 1.94 bits per heavy atom. The maximum Gasteiger partial charge on any atom is 0.310 e. The van der Waals surface area contributed by atoms with E-state index < -0.39 is 10.8 Å². The van der Waals surface area contributed by atoms with E-state index in [0.717, 1.165) is 11.3 Å². The lowest BCUT2D eigenvalue weighted by Gasteiger charge is -2.06. The monoisotopic (exact) mass is 500 g/mol. The van der Waals surface area contributed by atoms with Crippen molar-refractivity contribution in [2.24, 2.45) is 0 Å². The fourth-order valence-corrected chi connectivity index (χ4v) is 3.50. The highest BCUT2D eigenvalue weighted by Gasteiger charge is 2.17. The molecule has 11 heteroatoms. The number of hydrogen-bond acceptors (Lipinski definition) is 6. The molecule has 0 radical (unpaired) electrons. The van der Waals surface area contributed by atoms with Crippen molar-refractivity contribution in [3.05, 3.63) is 104 Å². The van der Waals surface area contributed by atoms with Crippen LogP contribution in [0.3, 0.4) is 0 Å². The molecule has 0 spiro atoms. The Balaban J connectivity index is 1.39. The normalized spacial score (nSPS) is 10.8. The minimum Gasteiger partial charge on any atom is -0.479 e. The molecule has 2 heterocycles. The molecule has 1 N–H and O–H groups in total. The Labute approximate surface area is 204 Å². The van der Waals surface area contributed by atoms with Crippen molar-refractivity contribution in [2.75, 3.05) is 5.32 Å². The molecule has 4 rings (SSSR count). The number of nitro groups is 1. The second-order valence-electron chi connectivity index (χ2n) is 7.31. The second-order valence-corrected chi connectivity index (χ2v) is 8.13. The number of halogens is 2. The van der Waals surface area contributed by atoms with Crippen LogP contribution in [0.25, 0.3) is 0 Å². The van der Waals surface area contributed by atoms with E-state index in [9.17, 15) is 14.9 Å². The minimum absolute atomic E-state index is 0.0536. The van der Waals surface area contributed by atoms with Gasteiger partial charge in [-0.2, -0.15) is 5.10 Å². The lowest BCUT2D eigenvalue weighted by molar-refractivity contribution is -0.386. The zero-order valence-corrected chi connectivity index (χ0v) is 19.3. The van der Waals surface area contributed by atoms with Gasteiger partial charge in [0, 0.05) is 17.8 Å². The molecule has 9 nitrogen and oxygen atoms in total. The zero-order chi connectivity index (χ0) is 24.2. The van der Waals surface area contributed by atoms with Crippen LogP contribution in [0.4, 0.5) is 11.5 Å². The second kappa shape index (κ2) is 9.98. The Bertz CT molecular complexity index is 1370. The molecule has 0 bridgehead atoms. The van der Waals surface area contributed by atoms with Gasteiger partial charge in [-0.25, -0.2) is 0 Å². The molecule has 0 saturated heterocycles. The SMILES string of the molecule is Cc1cc(NC(=O)c2ccc(COc3ccccc3[N+](=O)[O-])o2)nn1Cc1ccc(Cl)c(Cl)c1. The smallest absolute Gasteiger partial charge is 0.310 e. The summed E-state index contributed by atoms with van der Waals surface area (Å²) in [6, 6.07) is 16.1. The molecule has 0 atom stereocenters. The molecule has 0 aliphatic rings. The number of amides is 1. The lowest BCUT2D eigenvalue weighted by atomic mass is 10.2. The third-order valence-corrected chi connectivity index (χ3v) is 5.60. The van der Waals surface area contributed by atoms with Crippen molar-refractivity contribution in [2.45, 2.75) is 20.1 Å². The van der Waals surface area contributed by atoms with Gasteiger partial charge < -0.3 is 14.5 Å². The van der Waals surface area contributed by atoms with Crippen LogP contribution in [0.2, 0.25) is 10.0 Å². The van der Waals surface area contributed by atoms with Crippen LogP contribution in [0, 0.1) is 17.0 Å². The molecule has 0 aliphatic heterocycles. The van der Waals surface area contributed by atoms with Crippen LogP contribution in [0.5, 0.6) is 5.75 Å². The molecule has 174 valence electrons. The molecule has 0 aliphatic carbocycles. The highest BCUT2D eigenvalue weighted by Crippen LogP contribution is 2.27. The number of hydrogen-bond donors (Lipinski definition) is 1. The number of rotatable bonds is 8. The summed E-state index contributed by atoms with van der Waals surface area (Å²) in [5.41, 5.74) is 1.59. The predicted molar refractivity (Wildman–Crippen MR) is 127 cm³/mol. The van der Waals surface area contributed by atoms with E-state index in [4.69, 9.17) is 32.4 Å². The van der Waals surface area contributed by atoms with E-state index in [1.807, 2.05) is 13.0 Å². The van der Waals surface area contributed by atoms with Gasteiger partial charge in [-0.1, -0.05) is 41.4 Å². The molecule has 4 aromatic rings. The fraction of sp³-hybridized carbons (Fsp3) is 0.130. The van der Waals surface area contributed by atoms with Crippen molar-refractivity contribution >= 4 is 40.6 Å². The number of nitrogens with zero attached hydrogens (tertiary/aromatic N) is 3.